The first-order chi connectivity index (χ1) is 19.5. The Labute approximate surface area is 245 Å². The van der Waals surface area contributed by atoms with Gasteiger partial charge in [-0.05, 0) is 50.2 Å². The largest absolute Gasteiger partial charge is 0.417 e. The molecule has 4 rings (SSSR count). The lowest BCUT2D eigenvalue weighted by Crippen LogP contribution is -2.44. The number of amides is 5. The Morgan fingerprint density at radius 2 is 1.64 bits per heavy atom. The van der Waals surface area contributed by atoms with Crippen molar-refractivity contribution in [3.05, 3.63) is 64.7 Å². The van der Waals surface area contributed by atoms with Gasteiger partial charge in [-0.15, -0.1) is 0 Å². The summed E-state index contributed by atoms with van der Waals surface area (Å²) < 4.78 is 64.0. The number of alkyl halides is 3. The Bertz CT molecular complexity index is 1650. The zero-order valence-corrected chi connectivity index (χ0v) is 24.2. The maximum atomic E-state index is 13.5. The molecule has 42 heavy (non-hydrogen) atoms. The van der Waals surface area contributed by atoms with E-state index in [0.29, 0.717) is 29.7 Å². The van der Waals surface area contributed by atoms with Crippen molar-refractivity contribution in [1.82, 2.24) is 9.80 Å². The number of imide groups is 1. The van der Waals surface area contributed by atoms with Crippen molar-refractivity contribution in [1.29, 1.82) is 5.26 Å². The Morgan fingerprint density at radius 3 is 2.24 bits per heavy atom. The lowest BCUT2D eigenvalue weighted by atomic mass is 10.0. The minimum Gasteiger partial charge on any atom is -0.319 e. The zero-order chi connectivity index (χ0) is 31.2. The molecule has 2 fully saturated rings. The van der Waals surface area contributed by atoms with Gasteiger partial charge in [0.2, 0.25) is 0 Å². The molecule has 5 amide bonds. The molecular weight excluding hydrogens is 599 g/mol. The summed E-state index contributed by atoms with van der Waals surface area (Å²) in [5.41, 5.74) is -3.14. The Balaban J connectivity index is 1.44. The van der Waals surface area contributed by atoms with Gasteiger partial charge in [0, 0.05) is 38.1 Å². The van der Waals surface area contributed by atoms with Gasteiger partial charge >= 0.3 is 18.2 Å². The molecular formula is C27H25ClF3N5O5S. The van der Waals surface area contributed by atoms with Crippen LogP contribution >= 0.6 is 11.6 Å². The number of benzene rings is 2. The first-order valence-electron chi connectivity index (χ1n) is 12.5. The second-order valence-electron chi connectivity index (χ2n) is 10.2. The highest BCUT2D eigenvalue weighted by molar-refractivity contribution is 7.90. The summed E-state index contributed by atoms with van der Waals surface area (Å²) in [5, 5.41) is 9.04. The van der Waals surface area contributed by atoms with E-state index in [-0.39, 0.29) is 34.7 Å². The van der Waals surface area contributed by atoms with Gasteiger partial charge in [0.05, 0.1) is 32.8 Å². The molecule has 0 spiro atoms. The normalized spacial score (nSPS) is 17.6. The second kappa shape index (κ2) is 11.0. The van der Waals surface area contributed by atoms with Crippen LogP contribution in [-0.2, 0) is 20.8 Å². The van der Waals surface area contributed by atoms with E-state index in [9.17, 15) is 36.0 Å². The quantitative estimate of drug-likeness (QED) is 0.326. The van der Waals surface area contributed by atoms with Crippen molar-refractivity contribution in [2.75, 3.05) is 42.2 Å². The number of carbonyl (C=O) groups is 3. The molecule has 0 N–H and O–H groups in total. The van der Waals surface area contributed by atoms with Crippen LogP contribution in [0.5, 0.6) is 0 Å². The van der Waals surface area contributed by atoms with Crippen molar-refractivity contribution in [3.63, 3.8) is 0 Å². The van der Waals surface area contributed by atoms with E-state index in [1.165, 1.54) is 52.8 Å². The molecule has 2 aliphatic heterocycles. The Morgan fingerprint density at radius 1 is 1.00 bits per heavy atom. The number of hydrogen-bond donors (Lipinski definition) is 0. The molecule has 0 aliphatic carbocycles. The van der Waals surface area contributed by atoms with Crippen LogP contribution in [0.3, 0.4) is 0 Å². The Hall–Kier alpha value is -4.09. The predicted molar refractivity (Wildman–Crippen MR) is 148 cm³/mol. The molecule has 0 unspecified atom stereocenters. The number of urea groups is 2. The molecule has 2 heterocycles. The van der Waals surface area contributed by atoms with E-state index in [0.717, 1.165) is 18.4 Å². The highest BCUT2D eigenvalue weighted by atomic mass is 35.5. The highest BCUT2D eigenvalue weighted by Crippen LogP contribution is 2.37. The van der Waals surface area contributed by atoms with Gasteiger partial charge in [0.1, 0.15) is 5.54 Å². The summed E-state index contributed by atoms with van der Waals surface area (Å²) in [6.07, 6.45) is -0.631. The Kier molecular flexibility index (Phi) is 8.05. The monoisotopic (exact) mass is 623 g/mol. The van der Waals surface area contributed by atoms with Crippen LogP contribution in [0.25, 0.3) is 0 Å². The van der Waals surface area contributed by atoms with Crippen LogP contribution in [0.15, 0.2) is 53.4 Å². The van der Waals surface area contributed by atoms with Crippen molar-refractivity contribution in [2.24, 2.45) is 0 Å². The molecule has 10 nitrogen and oxygen atoms in total. The van der Waals surface area contributed by atoms with Crippen LogP contribution in [-0.4, -0.2) is 74.2 Å². The van der Waals surface area contributed by atoms with Crippen molar-refractivity contribution >= 4 is 50.8 Å². The maximum absolute atomic E-state index is 13.5. The van der Waals surface area contributed by atoms with Gasteiger partial charge in [-0.25, -0.2) is 22.9 Å². The molecule has 2 aromatic carbocycles. The summed E-state index contributed by atoms with van der Waals surface area (Å²) in [7, 11) is -3.53. The third-order valence-corrected chi connectivity index (χ3v) is 8.59. The number of halogens is 4. The summed E-state index contributed by atoms with van der Waals surface area (Å²) in [4.78, 5) is 44.0. The lowest BCUT2D eigenvalue weighted by Gasteiger charge is -2.26. The number of rotatable bonds is 7. The average molecular weight is 624 g/mol. The molecule has 15 heteroatoms. The number of sulfone groups is 1. The van der Waals surface area contributed by atoms with E-state index in [2.05, 4.69) is 0 Å². The van der Waals surface area contributed by atoms with Crippen molar-refractivity contribution in [2.45, 2.75) is 30.5 Å². The van der Waals surface area contributed by atoms with E-state index in [4.69, 9.17) is 16.9 Å². The third-order valence-electron chi connectivity index (χ3n) is 7.01. The fourth-order valence-corrected chi connectivity index (χ4v) is 6.03. The second-order valence-corrected chi connectivity index (χ2v) is 12.6. The van der Waals surface area contributed by atoms with E-state index in [1.807, 2.05) is 0 Å². The molecule has 0 atom stereocenters. The topological polar surface area (TPSA) is 122 Å². The summed E-state index contributed by atoms with van der Waals surface area (Å²) in [6.45, 7) is 3.72. The van der Waals surface area contributed by atoms with Crippen molar-refractivity contribution in [3.8, 4) is 6.07 Å². The predicted octanol–water partition coefficient (Wildman–Crippen LogP) is 4.68. The first-order valence-corrected chi connectivity index (χ1v) is 14.7. The fourth-order valence-electron chi connectivity index (χ4n) is 4.70. The van der Waals surface area contributed by atoms with Crippen LogP contribution in [0.2, 0.25) is 5.02 Å². The summed E-state index contributed by atoms with van der Waals surface area (Å²) in [5.74, 6) is -0.732. The van der Waals surface area contributed by atoms with Gasteiger partial charge in [0.25, 0.3) is 5.91 Å². The molecule has 222 valence electrons. The smallest absolute Gasteiger partial charge is 0.319 e. The van der Waals surface area contributed by atoms with Gasteiger partial charge in [-0.2, -0.15) is 18.4 Å². The summed E-state index contributed by atoms with van der Waals surface area (Å²) >= 11 is 6.11. The summed E-state index contributed by atoms with van der Waals surface area (Å²) in [6, 6.07) is 7.17. The van der Waals surface area contributed by atoms with Crippen LogP contribution in [0.4, 0.5) is 34.1 Å². The molecule has 0 aromatic heterocycles. The number of hydrogen-bond acceptors (Lipinski definition) is 6. The number of nitrogens with zero attached hydrogens (tertiary/aromatic N) is 5. The number of anilines is 2. The molecule has 2 saturated heterocycles. The molecule has 2 aliphatic rings. The molecule has 0 radical (unpaired) electrons. The SMILES string of the molecule is CC1(C)C(=O)N(c2ccc(C#N)c(C(F)(F)F)c2)C(=O)N1C/C=C\CN1CCN(c2ccc(S(C)(=O)=O)c(Cl)c2)C1=O. The van der Waals surface area contributed by atoms with Gasteiger partial charge in [-0.1, -0.05) is 23.8 Å². The third kappa shape index (κ3) is 5.66. The molecule has 0 saturated carbocycles. The maximum Gasteiger partial charge on any atom is 0.417 e. The van der Waals surface area contributed by atoms with Crippen molar-refractivity contribution < 1.29 is 36.0 Å². The molecule has 2 aromatic rings. The van der Waals surface area contributed by atoms with Gasteiger partial charge in [-0.3, -0.25) is 9.69 Å². The minimum absolute atomic E-state index is 0.00160. The first kappa shape index (κ1) is 30.9. The minimum atomic E-state index is -4.86. The van der Waals surface area contributed by atoms with Crippen LogP contribution in [0, 0.1) is 11.3 Å². The average Bonchev–Trinajstić information content (AvgIpc) is 3.34. The zero-order valence-electron chi connectivity index (χ0n) is 22.6. The molecule has 0 bridgehead atoms. The number of nitriles is 1. The fraction of sp³-hybridized carbons (Fsp3) is 0.333. The van der Waals surface area contributed by atoms with E-state index >= 15 is 0 Å². The number of carbonyl (C=O) groups excluding carboxylic acids is 3. The van der Waals surface area contributed by atoms with E-state index in [1.54, 1.807) is 12.2 Å². The van der Waals surface area contributed by atoms with Crippen LogP contribution in [0.1, 0.15) is 25.0 Å². The van der Waals surface area contributed by atoms with Crippen LogP contribution < -0.4 is 9.80 Å². The standard InChI is InChI=1S/C27H25ClF3N5O5S/c1-26(2)23(37)36(19-7-6-17(16-32)20(14-19)27(29,30)31)25(39)35(26)11-5-4-10-33-12-13-34(24(33)38)18-8-9-22(21(28)15-18)42(3,40)41/h4-9,14-15H,10-13H2,1-3H3/b5-4-. The van der Waals surface area contributed by atoms with Gasteiger partial charge < -0.3 is 9.80 Å². The highest BCUT2D eigenvalue weighted by Gasteiger charge is 2.51. The van der Waals surface area contributed by atoms with E-state index < -0.39 is 44.6 Å². The van der Waals surface area contributed by atoms with Gasteiger partial charge in [0.15, 0.2) is 9.84 Å². The lowest BCUT2D eigenvalue weighted by molar-refractivity contribution is -0.137.